The van der Waals surface area contributed by atoms with Crippen LogP contribution in [0.5, 0.6) is 0 Å². The molecule has 0 amide bonds. The molecule has 0 aromatic carbocycles. The highest BCUT2D eigenvalue weighted by Gasteiger charge is 2.29. The van der Waals surface area contributed by atoms with Crippen LogP contribution >= 0.6 is 0 Å². The average molecular weight is 200 g/mol. The molecule has 1 heterocycles. The lowest BCUT2D eigenvalue weighted by Crippen LogP contribution is -2.28. The van der Waals surface area contributed by atoms with E-state index in [0.717, 1.165) is 0 Å². The summed E-state index contributed by atoms with van der Waals surface area (Å²) in [5, 5.41) is 14.7. The van der Waals surface area contributed by atoms with Crippen molar-refractivity contribution in [2.75, 3.05) is 6.61 Å². The molecule has 78 valence electrons. The van der Waals surface area contributed by atoms with Crippen LogP contribution in [0.25, 0.3) is 0 Å². The van der Waals surface area contributed by atoms with Gasteiger partial charge >= 0.3 is 5.97 Å². The number of carbonyl (C=O) groups excluding carboxylic acids is 1. The summed E-state index contributed by atoms with van der Waals surface area (Å²) in [7, 11) is 0. The Hall–Kier alpha value is -1.43. The molecule has 14 heavy (non-hydrogen) atoms. The Bertz CT molecular complexity index is 301. The lowest BCUT2D eigenvalue weighted by Gasteiger charge is -2.18. The van der Waals surface area contributed by atoms with E-state index < -0.39 is 5.97 Å². The van der Waals surface area contributed by atoms with Gasteiger partial charge in [-0.15, -0.1) is 0 Å². The summed E-state index contributed by atoms with van der Waals surface area (Å²) in [5.41, 5.74) is -0.351. The molecular weight excluding hydrogens is 188 g/mol. The lowest BCUT2D eigenvalue weighted by atomic mass is 10.2. The Labute approximate surface area is 81.2 Å². The van der Waals surface area contributed by atoms with E-state index in [1.54, 1.807) is 0 Å². The van der Waals surface area contributed by atoms with Crippen LogP contribution in [0.2, 0.25) is 0 Å². The first kappa shape index (κ1) is 10.6. The molecule has 0 aromatic heterocycles. The van der Waals surface area contributed by atoms with Crippen LogP contribution in [-0.4, -0.2) is 34.8 Å². The standard InChI is InChI=1S/C8H12N2O4/c1-8(2,3)13-4-5-6(9-12)7(11)14-10-5/h12H,4H2,1-3H3. The summed E-state index contributed by atoms with van der Waals surface area (Å²) >= 11 is 0. The molecule has 0 aliphatic carbocycles. The van der Waals surface area contributed by atoms with Crippen molar-refractivity contribution in [3.8, 4) is 0 Å². The van der Waals surface area contributed by atoms with Gasteiger partial charge in [-0.05, 0) is 20.8 Å². The Morgan fingerprint density at radius 1 is 1.57 bits per heavy atom. The quantitative estimate of drug-likeness (QED) is 0.401. The van der Waals surface area contributed by atoms with Crippen molar-refractivity contribution < 1.29 is 19.6 Å². The van der Waals surface area contributed by atoms with Crippen molar-refractivity contribution >= 4 is 17.4 Å². The van der Waals surface area contributed by atoms with Crippen molar-refractivity contribution in [3.63, 3.8) is 0 Å². The first-order chi connectivity index (χ1) is 6.44. The SMILES string of the molecule is CC(C)(C)OCC1=NOC(=O)C1=NO. The van der Waals surface area contributed by atoms with E-state index in [0.29, 0.717) is 0 Å². The molecule has 1 aliphatic rings. The largest absolute Gasteiger partial charge is 0.410 e. The summed E-state index contributed by atoms with van der Waals surface area (Å²) in [6.07, 6.45) is 0. The van der Waals surface area contributed by atoms with E-state index in [9.17, 15) is 4.79 Å². The van der Waals surface area contributed by atoms with Gasteiger partial charge in [0.2, 0.25) is 5.71 Å². The zero-order chi connectivity index (χ0) is 10.8. The monoisotopic (exact) mass is 200 g/mol. The minimum absolute atomic E-state index is 0.0780. The number of hydrogen-bond acceptors (Lipinski definition) is 6. The third-order valence-electron chi connectivity index (χ3n) is 1.45. The number of carbonyl (C=O) groups is 1. The van der Waals surface area contributed by atoms with Crippen LogP contribution in [0, 0.1) is 0 Å². The van der Waals surface area contributed by atoms with Gasteiger partial charge in [-0.2, -0.15) is 0 Å². The zero-order valence-electron chi connectivity index (χ0n) is 8.27. The average Bonchev–Trinajstić information content (AvgIpc) is 2.41. The van der Waals surface area contributed by atoms with Crippen molar-refractivity contribution in [1.29, 1.82) is 0 Å². The van der Waals surface area contributed by atoms with Crippen LogP contribution in [0.1, 0.15) is 20.8 Å². The fourth-order valence-electron chi connectivity index (χ4n) is 0.779. The Morgan fingerprint density at radius 2 is 2.21 bits per heavy atom. The second-order valence-electron chi connectivity index (χ2n) is 3.77. The van der Waals surface area contributed by atoms with Crippen molar-refractivity contribution in [2.45, 2.75) is 26.4 Å². The smallest absolute Gasteiger partial charge is 0.389 e. The number of ether oxygens (including phenoxy) is 1. The van der Waals surface area contributed by atoms with Gasteiger partial charge in [0.1, 0.15) is 5.71 Å². The molecule has 6 heteroatoms. The second-order valence-corrected chi connectivity index (χ2v) is 3.77. The molecule has 0 aromatic rings. The minimum atomic E-state index is -0.764. The van der Waals surface area contributed by atoms with E-state index in [1.165, 1.54) is 0 Å². The molecule has 0 saturated carbocycles. The molecule has 0 saturated heterocycles. The first-order valence-electron chi connectivity index (χ1n) is 4.08. The second kappa shape index (κ2) is 3.75. The van der Waals surface area contributed by atoms with Crippen LogP contribution in [0.3, 0.4) is 0 Å². The topological polar surface area (TPSA) is 80.5 Å². The predicted molar refractivity (Wildman–Crippen MR) is 48.5 cm³/mol. The third kappa shape index (κ3) is 2.53. The number of hydrogen-bond donors (Lipinski definition) is 1. The van der Waals surface area contributed by atoms with Crippen LogP contribution in [-0.2, 0) is 14.4 Å². The van der Waals surface area contributed by atoms with Gasteiger partial charge in [-0.1, -0.05) is 10.3 Å². The molecule has 0 radical (unpaired) electrons. The predicted octanol–water partition coefficient (Wildman–Crippen LogP) is 0.544. The molecule has 0 fully saturated rings. The van der Waals surface area contributed by atoms with E-state index in [1.807, 2.05) is 20.8 Å². The summed E-state index contributed by atoms with van der Waals surface area (Å²) in [6.45, 7) is 5.66. The molecule has 1 aliphatic heterocycles. The number of nitrogens with zero attached hydrogens (tertiary/aromatic N) is 2. The lowest BCUT2D eigenvalue weighted by molar-refractivity contribution is -0.134. The summed E-state index contributed by atoms with van der Waals surface area (Å²) in [6, 6.07) is 0. The van der Waals surface area contributed by atoms with E-state index in [-0.39, 0.29) is 23.6 Å². The number of oxime groups is 2. The van der Waals surface area contributed by atoms with Crippen LogP contribution in [0.15, 0.2) is 10.3 Å². The van der Waals surface area contributed by atoms with Gasteiger partial charge in [0, 0.05) is 0 Å². The highest BCUT2D eigenvalue weighted by atomic mass is 16.7. The normalized spacial score (nSPS) is 19.8. The fourth-order valence-corrected chi connectivity index (χ4v) is 0.779. The van der Waals surface area contributed by atoms with Gasteiger partial charge in [-0.25, -0.2) is 4.79 Å². The van der Waals surface area contributed by atoms with Gasteiger partial charge in [0.15, 0.2) is 0 Å². The molecule has 1 rings (SSSR count). The van der Waals surface area contributed by atoms with E-state index in [4.69, 9.17) is 9.94 Å². The molecule has 6 nitrogen and oxygen atoms in total. The van der Waals surface area contributed by atoms with Gasteiger partial charge < -0.3 is 14.8 Å². The minimum Gasteiger partial charge on any atom is -0.410 e. The number of rotatable bonds is 2. The van der Waals surface area contributed by atoms with Gasteiger partial charge in [0.25, 0.3) is 0 Å². The summed E-state index contributed by atoms with van der Waals surface area (Å²) in [4.78, 5) is 15.2. The molecule has 1 N–H and O–H groups in total. The van der Waals surface area contributed by atoms with E-state index in [2.05, 4.69) is 15.1 Å². The Balaban J connectivity index is 2.59. The maximum Gasteiger partial charge on any atom is 0.389 e. The van der Waals surface area contributed by atoms with E-state index >= 15 is 0 Å². The maximum absolute atomic E-state index is 10.9. The maximum atomic E-state index is 10.9. The zero-order valence-corrected chi connectivity index (χ0v) is 8.27. The first-order valence-corrected chi connectivity index (χ1v) is 4.08. The summed E-state index contributed by atoms with van der Waals surface area (Å²) < 4.78 is 5.34. The van der Waals surface area contributed by atoms with Crippen LogP contribution in [0.4, 0.5) is 0 Å². The van der Waals surface area contributed by atoms with Gasteiger partial charge in [-0.3, -0.25) is 0 Å². The van der Waals surface area contributed by atoms with Crippen LogP contribution < -0.4 is 0 Å². The molecule has 0 atom stereocenters. The Kier molecular flexibility index (Phi) is 2.85. The molecule has 0 bridgehead atoms. The van der Waals surface area contributed by atoms with Crippen molar-refractivity contribution in [2.24, 2.45) is 10.3 Å². The fraction of sp³-hybridized carbons (Fsp3) is 0.625. The van der Waals surface area contributed by atoms with Crippen molar-refractivity contribution in [3.05, 3.63) is 0 Å². The van der Waals surface area contributed by atoms with Crippen molar-refractivity contribution in [1.82, 2.24) is 0 Å². The highest BCUT2D eigenvalue weighted by molar-refractivity contribution is 6.67. The third-order valence-corrected chi connectivity index (χ3v) is 1.45. The van der Waals surface area contributed by atoms with Gasteiger partial charge in [0.05, 0.1) is 12.2 Å². The summed E-state index contributed by atoms with van der Waals surface area (Å²) in [5.74, 6) is -0.764. The molecular formula is C8H12N2O4. The Morgan fingerprint density at radius 3 is 2.71 bits per heavy atom. The molecule has 0 spiro atoms. The molecule has 0 unspecified atom stereocenters. The highest BCUT2D eigenvalue weighted by Crippen LogP contribution is 2.09.